The molecule has 1 aromatic carbocycles. The Hall–Kier alpha value is -2.10. The number of anilines is 1. The molecular formula is C13H13N3O. The van der Waals surface area contributed by atoms with E-state index < -0.39 is 0 Å². The number of rotatable bonds is 1. The fraction of sp³-hybridized carbons (Fsp3) is 0.231. The zero-order chi connectivity index (χ0) is 11.8. The molecule has 1 aliphatic rings. The summed E-state index contributed by atoms with van der Waals surface area (Å²) in [5, 5.41) is 0. The summed E-state index contributed by atoms with van der Waals surface area (Å²) in [6, 6.07) is 4.20. The Labute approximate surface area is 99.5 Å². The van der Waals surface area contributed by atoms with Crippen molar-refractivity contribution in [2.75, 3.05) is 12.3 Å². The standard InChI is InChI=1S/C13H13N3O/c1-8-4-12-9(2-3-17-12)5-10(8)11-6-16-13(14)7-15-11/h4-7H,2-3H2,1H3,(H2,14,16). The van der Waals surface area contributed by atoms with Gasteiger partial charge in [0.05, 0.1) is 24.7 Å². The van der Waals surface area contributed by atoms with Gasteiger partial charge in [0, 0.05) is 12.0 Å². The second-order valence-electron chi connectivity index (χ2n) is 4.20. The van der Waals surface area contributed by atoms with Crippen molar-refractivity contribution in [2.24, 2.45) is 0 Å². The smallest absolute Gasteiger partial charge is 0.141 e. The highest BCUT2D eigenvalue weighted by Crippen LogP contribution is 2.32. The molecule has 0 bridgehead atoms. The lowest BCUT2D eigenvalue weighted by atomic mass is 10.0. The summed E-state index contributed by atoms with van der Waals surface area (Å²) < 4.78 is 5.53. The Morgan fingerprint density at radius 1 is 1.24 bits per heavy atom. The highest BCUT2D eigenvalue weighted by atomic mass is 16.5. The van der Waals surface area contributed by atoms with Crippen molar-refractivity contribution in [2.45, 2.75) is 13.3 Å². The first kappa shape index (κ1) is 10.1. The molecular weight excluding hydrogens is 214 g/mol. The first-order chi connectivity index (χ1) is 8.24. The lowest BCUT2D eigenvalue weighted by Crippen LogP contribution is -1.94. The number of nitrogens with zero attached hydrogens (tertiary/aromatic N) is 2. The SMILES string of the molecule is Cc1cc2c(cc1-c1cnc(N)cn1)CCO2. The van der Waals surface area contributed by atoms with E-state index in [-0.39, 0.29) is 0 Å². The van der Waals surface area contributed by atoms with Gasteiger partial charge in [0.2, 0.25) is 0 Å². The van der Waals surface area contributed by atoms with E-state index in [0.29, 0.717) is 5.82 Å². The van der Waals surface area contributed by atoms with E-state index in [1.807, 2.05) is 0 Å². The molecule has 1 aromatic heterocycles. The molecule has 1 aliphatic heterocycles. The van der Waals surface area contributed by atoms with Gasteiger partial charge in [-0.3, -0.25) is 4.98 Å². The molecule has 4 heteroatoms. The van der Waals surface area contributed by atoms with Crippen LogP contribution in [0.4, 0.5) is 5.82 Å². The highest BCUT2D eigenvalue weighted by Gasteiger charge is 2.15. The minimum Gasteiger partial charge on any atom is -0.493 e. The molecule has 0 saturated carbocycles. The van der Waals surface area contributed by atoms with Crippen LogP contribution >= 0.6 is 0 Å². The van der Waals surface area contributed by atoms with E-state index in [4.69, 9.17) is 10.5 Å². The summed E-state index contributed by atoms with van der Waals surface area (Å²) >= 11 is 0. The summed E-state index contributed by atoms with van der Waals surface area (Å²) in [6.45, 7) is 2.82. The first-order valence-electron chi connectivity index (χ1n) is 5.58. The van der Waals surface area contributed by atoms with Crippen LogP contribution in [0.15, 0.2) is 24.5 Å². The number of aromatic nitrogens is 2. The molecule has 0 atom stereocenters. The van der Waals surface area contributed by atoms with Crippen molar-refractivity contribution in [1.82, 2.24) is 9.97 Å². The number of benzene rings is 1. The third-order valence-corrected chi connectivity index (χ3v) is 2.98. The van der Waals surface area contributed by atoms with Crippen LogP contribution in [-0.2, 0) is 6.42 Å². The second kappa shape index (κ2) is 3.73. The van der Waals surface area contributed by atoms with Crippen molar-refractivity contribution in [3.8, 4) is 17.0 Å². The van der Waals surface area contributed by atoms with Crippen molar-refractivity contribution in [3.63, 3.8) is 0 Å². The molecule has 0 radical (unpaired) electrons. The molecule has 2 heterocycles. The van der Waals surface area contributed by atoms with Crippen molar-refractivity contribution >= 4 is 5.82 Å². The average Bonchev–Trinajstić information content (AvgIpc) is 2.76. The van der Waals surface area contributed by atoms with Crippen LogP contribution in [0.3, 0.4) is 0 Å². The van der Waals surface area contributed by atoms with E-state index in [2.05, 4.69) is 29.0 Å². The molecule has 3 rings (SSSR count). The number of nitrogens with two attached hydrogens (primary N) is 1. The van der Waals surface area contributed by atoms with Gasteiger partial charge in [0.15, 0.2) is 0 Å². The van der Waals surface area contributed by atoms with Gasteiger partial charge in [0.1, 0.15) is 11.6 Å². The van der Waals surface area contributed by atoms with Gasteiger partial charge in [-0.05, 0) is 30.2 Å². The van der Waals surface area contributed by atoms with Gasteiger partial charge in [-0.1, -0.05) is 0 Å². The van der Waals surface area contributed by atoms with E-state index in [0.717, 1.165) is 35.6 Å². The molecule has 0 amide bonds. The number of aryl methyl sites for hydroxylation is 1. The van der Waals surface area contributed by atoms with Gasteiger partial charge < -0.3 is 10.5 Å². The minimum absolute atomic E-state index is 0.441. The highest BCUT2D eigenvalue weighted by molar-refractivity contribution is 5.66. The van der Waals surface area contributed by atoms with Crippen LogP contribution in [0, 0.1) is 6.92 Å². The topological polar surface area (TPSA) is 61.0 Å². The van der Waals surface area contributed by atoms with E-state index in [1.165, 1.54) is 5.56 Å². The largest absolute Gasteiger partial charge is 0.493 e. The van der Waals surface area contributed by atoms with Crippen LogP contribution in [0.1, 0.15) is 11.1 Å². The first-order valence-corrected chi connectivity index (χ1v) is 5.58. The van der Waals surface area contributed by atoms with Gasteiger partial charge >= 0.3 is 0 Å². The zero-order valence-corrected chi connectivity index (χ0v) is 9.60. The number of fused-ring (bicyclic) bond motifs is 1. The van der Waals surface area contributed by atoms with E-state index in [9.17, 15) is 0 Å². The van der Waals surface area contributed by atoms with Gasteiger partial charge in [-0.15, -0.1) is 0 Å². The number of nitrogen functional groups attached to an aromatic ring is 1. The molecule has 0 fully saturated rings. The van der Waals surface area contributed by atoms with Crippen LogP contribution in [0.5, 0.6) is 5.75 Å². The summed E-state index contributed by atoms with van der Waals surface area (Å²) in [5.74, 6) is 1.44. The Morgan fingerprint density at radius 3 is 2.88 bits per heavy atom. The average molecular weight is 227 g/mol. The molecule has 4 nitrogen and oxygen atoms in total. The fourth-order valence-corrected chi connectivity index (χ4v) is 2.08. The van der Waals surface area contributed by atoms with Crippen LogP contribution in [-0.4, -0.2) is 16.6 Å². The van der Waals surface area contributed by atoms with Gasteiger partial charge in [-0.2, -0.15) is 0 Å². The van der Waals surface area contributed by atoms with Gasteiger partial charge in [-0.25, -0.2) is 4.98 Å². The van der Waals surface area contributed by atoms with Crippen molar-refractivity contribution in [1.29, 1.82) is 0 Å². The van der Waals surface area contributed by atoms with E-state index >= 15 is 0 Å². The van der Waals surface area contributed by atoms with E-state index in [1.54, 1.807) is 12.4 Å². The number of hydrogen-bond donors (Lipinski definition) is 1. The van der Waals surface area contributed by atoms with Gasteiger partial charge in [0.25, 0.3) is 0 Å². The summed E-state index contributed by atoms with van der Waals surface area (Å²) in [5.41, 5.74) is 9.87. The summed E-state index contributed by atoms with van der Waals surface area (Å²) in [6.07, 6.45) is 4.25. The third kappa shape index (κ3) is 1.71. The lowest BCUT2D eigenvalue weighted by Gasteiger charge is -2.08. The second-order valence-corrected chi connectivity index (χ2v) is 4.20. The molecule has 0 unspecified atom stereocenters. The maximum absolute atomic E-state index is 5.54. The normalized spacial score (nSPS) is 13.2. The molecule has 86 valence electrons. The Bertz CT molecular complexity index is 564. The molecule has 2 aromatic rings. The quantitative estimate of drug-likeness (QED) is 0.809. The summed E-state index contributed by atoms with van der Waals surface area (Å²) in [4.78, 5) is 8.38. The molecule has 0 aliphatic carbocycles. The Balaban J connectivity index is 2.11. The Kier molecular flexibility index (Phi) is 2.21. The minimum atomic E-state index is 0.441. The Morgan fingerprint density at radius 2 is 2.12 bits per heavy atom. The maximum Gasteiger partial charge on any atom is 0.141 e. The van der Waals surface area contributed by atoms with Crippen LogP contribution < -0.4 is 10.5 Å². The molecule has 0 spiro atoms. The zero-order valence-electron chi connectivity index (χ0n) is 9.60. The fourth-order valence-electron chi connectivity index (χ4n) is 2.08. The van der Waals surface area contributed by atoms with Crippen LogP contribution in [0.25, 0.3) is 11.3 Å². The number of hydrogen-bond acceptors (Lipinski definition) is 4. The third-order valence-electron chi connectivity index (χ3n) is 2.98. The predicted octanol–water partition coefficient (Wildman–Crippen LogP) is 1.97. The monoisotopic (exact) mass is 227 g/mol. The predicted molar refractivity (Wildman–Crippen MR) is 65.8 cm³/mol. The van der Waals surface area contributed by atoms with Crippen molar-refractivity contribution < 1.29 is 4.74 Å². The lowest BCUT2D eigenvalue weighted by molar-refractivity contribution is 0.356. The van der Waals surface area contributed by atoms with Crippen molar-refractivity contribution in [3.05, 3.63) is 35.7 Å². The van der Waals surface area contributed by atoms with Crippen LogP contribution in [0.2, 0.25) is 0 Å². The maximum atomic E-state index is 5.54. The number of ether oxygens (including phenoxy) is 1. The molecule has 0 saturated heterocycles. The molecule has 17 heavy (non-hydrogen) atoms. The summed E-state index contributed by atoms with van der Waals surface area (Å²) in [7, 11) is 0. The molecule has 2 N–H and O–H groups in total.